The number of carbonyl (C=O) groups is 1. The number of nitrogens with zero attached hydrogens (tertiary/aromatic N) is 5. The minimum Gasteiger partial charge on any atom is -0.368 e. The molecule has 0 unspecified atom stereocenters. The Morgan fingerprint density at radius 3 is 2.31 bits per heavy atom. The second kappa shape index (κ2) is 8.82. The van der Waals surface area contributed by atoms with Gasteiger partial charge < -0.3 is 9.80 Å². The van der Waals surface area contributed by atoms with Crippen molar-refractivity contribution in [2.45, 2.75) is 27.3 Å². The molecule has 0 atom stereocenters. The van der Waals surface area contributed by atoms with E-state index in [-0.39, 0.29) is 11.6 Å². The van der Waals surface area contributed by atoms with Gasteiger partial charge in [-0.25, -0.2) is 0 Å². The van der Waals surface area contributed by atoms with Crippen LogP contribution in [-0.4, -0.2) is 51.7 Å². The van der Waals surface area contributed by atoms with Crippen LogP contribution in [0.4, 0.5) is 11.4 Å². The van der Waals surface area contributed by atoms with Crippen LogP contribution in [-0.2, 0) is 6.54 Å². The van der Waals surface area contributed by atoms with E-state index in [9.17, 15) is 14.9 Å². The molecule has 3 aromatic rings. The summed E-state index contributed by atoms with van der Waals surface area (Å²) < 4.78 is 1.63. The number of amides is 1. The highest BCUT2D eigenvalue weighted by Crippen LogP contribution is 2.23. The van der Waals surface area contributed by atoms with Crippen molar-refractivity contribution in [3.05, 3.63) is 86.7 Å². The Bertz CT molecular complexity index is 1140. The number of anilines is 1. The zero-order chi connectivity index (χ0) is 22.8. The predicted molar refractivity (Wildman–Crippen MR) is 123 cm³/mol. The van der Waals surface area contributed by atoms with Gasteiger partial charge in [-0.3, -0.25) is 19.6 Å². The average molecular weight is 434 g/mol. The van der Waals surface area contributed by atoms with Crippen molar-refractivity contribution in [1.29, 1.82) is 0 Å². The molecule has 1 aliphatic rings. The van der Waals surface area contributed by atoms with Crippen LogP contribution in [0.25, 0.3) is 0 Å². The fourth-order valence-corrected chi connectivity index (χ4v) is 4.21. The highest BCUT2D eigenvalue weighted by atomic mass is 16.6. The summed E-state index contributed by atoms with van der Waals surface area (Å²) in [5.41, 5.74) is 5.01. The topological polar surface area (TPSA) is 84.5 Å². The molecule has 0 bridgehead atoms. The molecule has 0 spiro atoms. The van der Waals surface area contributed by atoms with Crippen LogP contribution in [0.5, 0.6) is 0 Å². The van der Waals surface area contributed by atoms with Crippen molar-refractivity contribution in [3.63, 3.8) is 0 Å². The number of carbonyl (C=O) groups excluding carboxylic acids is 1. The molecule has 8 heteroatoms. The molecule has 1 amide bonds. The van der Waals surface area contributed by atoms with Crippen LogP contribution < -0.4 is 4.90 Å². The first kappa shape index (κ1) is 21.5. The fourth-order valence-electron chi connectivity index (χ4n) is 4.21. The molecule has 0 aliphatic carbocycles. The molecule has 0 N–H and O–H groups in total. The van der Waals surface area contributed by atoms with Crippen LogP contribution in [0, 0.1) is 30.9 Å². The van der Waals surface area contributed by atoms with E-state index in [1.54, 1.807) is 18.5 Å². The van der Waals surface area contributed by atoms with Crippen LogP contribution in [0.3, 0.4) is 0 Å². The summed E-state index contributed by atoms with van der Waals surface area (Å²) >= 11 is 0. The Hall–Kier alpha value is -3.68. The smallest absolute Gasteiger partial charge is 0.312 e. The fraction of sp³-hybridized carbons (Fsp3) is 0.333. The number of aryl methyl sites for hydroxylation is 2. The number of aromatic nitrogens is 2. The number of benzene rings is 2. The Labute approximate surface area is 187 Å². The van der Waals surface area contributed by atoms with E-state index in [2.05, 4.69) is 41.2 Å². The maximum atomic E-state index is 13.0. The zero-order valence-corrected chi connectivity index (χ0v) is 18.6. The third-order valence-electron chi connectivity index (χ3n) is 5.99. The van der Waals surface area contributed by atoms with Gasteiger partial charge in [0.25, 0.3) is 5.91 Å². The van der Waals surface area contributed by atoms with Crippen molar-refractivity contribution in [2.24, 2.45) is 0 Å². The average Bonchev–Trinajstić information content (AvgIpc) is 3.06. The van der Waals surface area contributed by atoms with Gasteiger partial charge in [0.2, 0.25) is 0 Å². The molecule has 1 fully saturated rings. The van der Waals surface area contributed by atoms with Crippen LogP contribution in [0.2, 0.25) is 0 Å². The monoisotopic (exact) mass is 433 g/mol. The molecule has 2 aromatic carbocycles. The number of hydrogen-bond acceptors (Lipinski definition) is 5. The first-order chi connectivity index (χ1) is 15.3. The molecule has 0 saturated carbocycles. The minimum atomic E-state index is -0.394. The Kier molecular flexibility index (Phi) is 5.94. The van der Waals surface area contributed by atoms with Crippen molar-refractivity contribution in [1.82, 2.24) is 14.7 Å². The molecule has 1 aromatic heterocycles. The summed E-state index contributed by atoms with van der Waals surface area (Å²) in [6, 6.07) is 15.9. The largest absolute Gasteiger partial charge is 0.368 e. The molecule has 32 heavy (non-hydrogen) atoms. The standard InChI is InChI=1S/C24H27N5O3/c1-17-5-4-6-22(15-17)26-11-13-27(14-12-26)24(30)21-9-7-20(8-10-21)16-28-19(3)23(29(31)32)18(2)25-28/h4-10,15H,11-14,16H2,1-3H3. The summed E-state index contributed by atoms with van der Waals surface area (Å²) in [6.45, 7) is 8.84. The van der Waals surface area contributed by atoms with Gasteiger partial charge in [-0.15, -0.1) is 0 Å². The molecule has 2 heterocycles. The quantitative estimate of drug-likeness (QED) is 0.452. The summed E-state index contributed by atoms with van der Waals surface area (Å²) in [6.07, 6.45) is 0. The molecule has 1 aliphatic heterocycles. The van der Waals surface area contributed by atoms with E-state index < -0.39 is 4.92 Å². The molecule has 166 valence electrons. The second-order valence-electron chi connectivity index (χ2n) is 8.25. The van der Waals surface area contributed by atoms with E-state index in [4.69, 9.17) is 0 Å². The molecule has 4 rings (SSSR count). The van der Waals surface area contributed by atoms with Crippen molar-refractivity contribution in [3.8, 4) is 0 Å². The van der Waals surface area contributed by atoms with E-state index in [0.717, 1.165) is 18.7 Å². The summed E-state index contributed by atoms with van der Waals surface area (Å²) in [7, 11) is 0. The Morgan fingerprint density at radius 2 is 1.72 bits per heavy atom. The Morgan fingerprint density at radius 1 is 1.03 bits per heavy atom. The maximum absolute atomic E-state index is 13.0. The number of piperazine rings is 1. The summed E-state index contributed by atoms with van der Waals surface area (Å²) in [5.74, 6) is 0.0298. The minimum absolute atomic E-state index is 0.0298. The zero-order valence-electron chi connectivity index (χ0n) is 18.6. The van der Waals surface area contributed by atoms with Crippen LogP contribution >= 0.6 is 0 Å². The van der Waals surface area contributed by atoms with Crippen molar-refractivity contribution in [2.75, 3.05) is 31.1 Å². The molecule has 0 radical (unpaired) electrons. The Balaban J connectivity index is 1.39. The lowest BCUT2D eigenvalue weighted by molar-refractivity contribution is -0.386. The summed E-state index contributed by atoms with van der Waals surface area (Å²) in [4.78, 5) is 28.0. The van der Waals surface area contributed by atoms with Gasteiger partial charge in [0.05, 0.1) is 11.5 Å². The van der Waals surface area contributed by atoms with Gasteiger partial charge in [-0.2, -0.15) is 5.10 Å². The van der Waals surface area contributed by atoms with Gasteiger partial charge in [-0.05, 0) is 56.2 Å². The lowest BCUT2D eigenvalue weighted by Crippen LogP contribution is -2.48. The van der Waals surface area contributed by atoms with Crippen molar-refractivity contribution >= 4 is 17.3 Å². The number of nitro groups is 1. The molecule has 1 saturated heterocycles. The predicted octanol–water partition coefficient (Wildman–Crippen LogP) is 3.73. The van der Waals surface area contributed by atoms with E-state index in [1.807, 2.05) is 29.2 Å². The number of rotatable bonds is 5. The SMILES string of the molecule is Cc1cccc(N2CCN(C(=O)c3ccc(Cn4nc(C)c([N+](=O)[O-])c4C)cc3)CC2)c1. The third-order valence-corrected chi connectivity index (χ3v) is 5.99. The highest BCUT2D eigenvalue weighted by Gasteiger charge is 2.23. The molecular formula is C24H27N5O3. The first-order valence-corrected chi connectivity index (χ1v) is 10.7. The van der Waals surface area contributed by atoms with Gasteiger partial charge >= 0.3 is 5.69 Å². The second-order valence-corrected chi connectivity index (χ2v) is 8.25. The number of hydrogen-bond donors (Lipinski definition) is 0. The summed E-state index contributed by atoms with van der Waals surface area (Å²) in [5, 5.41) is 15.5. The third kappa shape index (κ3) is 4.34. The van der Waals surface area contributed by atoms with Gasteiger partial charge in [-0.1, -0.05) is 24.3 Å². The normalized spacial score (nSPS) is 14.0. The van der Waals surface area contributed by atoms with Crippen LogP contribution in [0.1, 0.15) is 32.9 Å². The first-order valence-electron chi connectivity index (χ1n) is 10.7. The maximum Gasteiger partial charge on any atom is 0.312 e. The van der Waals surface area contributed by atoms with Gasteiger partial charge in [0.15, 0.2) is 0 Å². The van der Waals surface area contributed by atoms with Gasteiger partial charge in [0.1, 0.15) is 11.4 Å². The molecular weight excluding hydrogens is 406 g/mol. The van der Waals surface area contributed by atoms with Crippen LogP contribution in [0.15, 0.2) is 48.5 Å². The lowest BCUT2D eigenvalue weighted by atomic mass is 10.1. The van der Waals surface area contributed by atoms with Gasteiger partial charge in [0, 0.05) is 37.4 Å². The van der Waals surface area contributed by atoms with E-state index in [1.165, 1.54) is 11.3 Å². The van der Waals surface area contributed by atoms with Crippen molar-refractivity contribution < 1.29 is 9.72 Å². The highest BCUT2D eigenvalue weighted by molar-refractivity contribution is 5.94. The van der Waals surface area contributed by atoms with E-state index >= 15 is 0 Å². The molecule has 8 nitrogen and oxygen atoms in total. The van der Waals surface area contributed by atoms with E-state index in [0.29, 0.717) is 36.6 Å². The lowest BCUT2D eigenvalue weighted by Gasteiger charge is -2.36.